The fourth-order valence-corrected chi connectivity index (χ4v) is 1.45. The lowest BCUT2D eigenvalue weighted by atomic mass is 10.1. The smallest absolute Gasteiger partial charge is 0.414 e. The molecule has 0 fully saturated rings. The number of alkyl halides is 3. The predicted octanol–water partition coefficient (Wildman–Crippen LogP) is 1.94. The molecule has 0 aliphatic heterocycles. The maximum atomic E-state index is 11.9. The quantitative estimate of drug-likeness (QED) is 0.814. The second-order valence-corrected chi connectivity index (χ2v) is 3.75. The molecule has 0 bridgehead atoms. The average molecular weight is 309 g/mol. The van der Waals surface area contributed by atoms with E-state index in [0.29, 0.717) is 0 Å². The largest absolute Gasteiger partial charge is 0.493 e. The van der Waals surface area contributed by atoms with Crippen LogP contribution in [0.1, 0.15) is 10.4 Å². The van der Waals surface area contributed by atoms with Crippen LogP contribution < -0.4 is 19.7 Å². The van der Waals surface area contributed by atoms with Crippen molar-refractivity contribution in [3.63, 3.8) is 0 Å². The summed E-state index contributed by atoms with van der Waals surface area (Å²) in [7, 11) is 4.07. The Morgan fingerprint density at radius 1 is 1.10 bits per heavy atom. The molecule has 0 unspecified atom stereocenters. The number of methoxy groups -OCH3 is 3. The molecule has 0 heterocycles. The number of nitrogens with one attached hydrogen (secondary N) is 1. The van der Waals surface area contributed by atoms with E-state index in [1.165, 1.54) is 33.5 Å². The fraction of sp³-hybridized carbons (Fsp3) is 0.417. The van der Waals surface area contributed by atoms with Gasteiger partial charge in [0.1, 0.15) is 0 Å². The molecular formula is C12H14F3NO5. The highest BCUT2D eigenvalue weighted by atomic mass is 19.4. The Morgan fingerprint density at radius 2 is 1.62 bits per heavy atom. The van der Waals surface area contributed by atoms with E-state index in [-0.39, 0.29) is 22.8 Å². The number of hydrogen-bond donors (Lipinski definition) is 1. The van der Waals surface area contributed by atoms with Gasteiger partial charge in [0.2, 0.25) is 5.75 Å². The van der Waals surface area contributed by atoms with Crippen molar-refractivity contribution in [3.05, 3.63) is 17.7 Å². The number of carbonyl (C=O) groups is 1. The first-order valence-electron chi connectivity index (χ1n) is 5.61. The van der Waals surface area contributed by atoms with E-state index in [0.717, 1.165) is 0 Å². The Morgan fingerprint density at radius 3 is 2.00 bits per heavy atom. The molecule has 21 heavy (non-hydrogen) atoms. The third kappa shape index (κ3) is 4.71. The number of hydroxylamine groups is 1. The van der Waals surface area contributed by atoms with E-state index in [2.05, 4.69) is 4.84 Å². The summed E-state index contributed by atoms with van der Waals surface area (Å²) < 4.78 is 50.8. The van der Waals surface area contributed by atoms with Crippen LogP contribution in [0.3, 0.4) is 0 Å². The molecule has 0 aliphatic rings. The van der Waals surface area contributed by atoms with Crippen molar-refractivity contribution in [1.82, 2.24) is 5.48 Å². The van der Waals surface area contributed by atoms with Crippen molar-refractivity contribution < 1.29 is 37.0 Å². The normalized spacial score (nSPS) is 11.0. The third-order valence-electron chi connectivity index (χ3n) is 2.33. The summed E-state index contributed by atoms with van der Waals surface area (Å²) in [5.41, 5.74) is 1.68. The maximum Gasteiger partial charge on any atom is 0.414 e. The van der Waals surface area contributed by atoms with Gasteiger partial charge in [0.05, 0.1) is 21.3 Å². The highest BCUT2D eigenvalue weighted by Gasteiger charge is 2.28. The van der Waals surface area contributed by atoms with Gasteiger partial charge in [-0.15, -0.1) is 0 Å². The number of carbonyl (C=O) groups excluding carboxylic acids is 1. The lowest BCUT2D eigenvalue weighted by molar-refractivity contribution is -0.184. The number of rotatable bonds is 6. The summed E-state index contributed by atoms with van der Waals surface area (Å²) in [5, 5.41) is 0. The van der Waals surface area contributed by atoms with E-state index in [9.17, 15) is 18.0 Å². The molecular weight excluding hydrogens is 295 g/mol. The van der Waals surface area contributed by atoms with E-state index < -0.39 is 18.7 Å². The van der Waals surface area contributed by atoms with Crippen LogP contribution in [0.2, 0.25) is 0 Å². The standard InChI is InChI=1S/C12H14F3NO5/c1-18-8-4-7(5-9(19-2)10(8)20-3)11(17)16-21-6-12(13,14)15/h4-5H,6H2,1-3H3,(H,16,17). The first-order valence-corrected chi connectivity index (χ1v) is 5.61. The zero-order valence-corrected chi connectivity index (χ0v) is 11.5. The van der Waals surface area contributed by atoms with Crippen molar-refractivity contribution in [2.45, 2.75) is 6.18 Å². The second kappa shape index (κ2) is 7.02. The van der Waals surface area contributed by atoms with Crippen LogP contribution in [0.4, 0.5) is 13.2 Å². The van der Waals surface area contributed by atoms with Crippen molar-refractivity contribution in [2.75, 3.05) is 27.9 Å². The molecule has 0 saturated heterocycles. The lowest BCUT2D eigenvalue weighted by Crippen LogP contribution is -2.29. The Kier molecular flexibility index (Phi) is 5.65. The fourth-order valence-electron chi connectivity index (χ4n) is 1.45. The van der Waals surface area contributed by atoms with Crippen molar-refractivity contribution >= 4 is 5.91 Å². The van der Waals surface area contributed by atoms with Gasteiger partial charge in [0.25, 0.3) is 5.91 Å². The topological polar surface area (TPSA) is 66.0 Å². The molecule has 118 valence electrons. The molecule has 9 heteroatoms. The van der Waals surface area contributed by atoms with E-state index in [1.54, 1.807) is 5.48 Å². The maximum absolute atomic E-state index is 11.9. The van der Waals surface area contributed by atoms with Crippen LogP contribution in [-0.4, -0.2) is 40.0 Å². The van der Waals surface area contributed by atoms with E-state index >= 15 is 0 Å². The van der Waals surface area contributed by atoms with Crippen molar-refractivity contribution in [1.29, 1.82) is 0 Å². The Labute approximate surface area is 118 Å². The predicted molar refractivity (Wildman–Crippen MR) is 65.6 cm³/mol. The lowest BCUT2D eigenvalue weighted by Gasteiger charge is -2.14. The molecule has 0 aromatic heterocycles. The number of ether oxygens (including phenoxy) is 3. The summed E-state index contributed by atoms with van der Waals surface area (Å²) >= 11 is 0. The third-order valence-corrected chi connectivity index (χ3v) is 2.33. The molecule has 0 saturated carbocycles. The van der Waals surface area contributed by atoms with Crippen LogP contribution in [0.5, 0.6) is 17.2 Å². The van der Waals surface area contributed by atoms with Gasteiger partial charge in [-0.05, 0) is 12.1 Å². The van der Waals surface area contributed by atoms with E-state index in [1.807, 2.05) is 0 Å². The molecule has 0 radical (unpaired) electrons. The Hall–Kier alpha value is -2.16. The zero-order valence-electron chi connectivity index (χ0n) is 11.5. The molecule has 6 nitrogen and oxygen atoms in total. The average Bonchev–Trinajstić information content (AvgIpc) is 2.43. The van der Waals surface area contributed by atoms with Gasteiger partial charge in [-0.25, -0.2) is 5.48 Å². The molecule has 1 rings (SSSR count). The van der Waals surface area contributed by atoms with Gasteiger partial charge in [0, 0.05) is 5.56 Å². The zero-order chi connectivity index (χ0) is 16.0. The summed E-state index contributed by atoms with van der Waals surface area (Å²) in [5.74, 6) is -0.234. The molecule has 0 spiro atoms. The number of hydrogen-bond acceptors (Lipinski definition) is 5. The first-order chi connectivity index (χ1) is 9.82. The monoisotopic (exact) mass is 309 g/mol. The van der Waals surface area contributed by atoms with Gasteiger partial charge in [0.15, 0.2) is 18.1 Å². The molecule has 1 N–H and O–H groups in total. The molecule has 1 amide bonds. The van der Waals surface area contributed by atoms with Crippen LogP contribution in [0.25, 0.3) is 0 Å². The molecule has 1 aromatic rings. The van der Waals surface area contributed by atoms with E-state index in [4.69, 9.17) is 14.2 Å². The Bertz CT molecular complexity index is 479. The highest BCUT2D eigenvalue weighted by molar-refractivity contribution is 5.95. The van der Waals surface area contributed by atoms with Crippen molar-refractivity contribution in [2.24, 2.45) is 0 Å². The van der Waals surface area contributed by atoms with Crippen molar-refractivity contribution in [3.8, 4) is 17.2 Å². The van der Waals surface area contributed by atoms with Gasteiger partial charge >= 0.3 is 6.18 Å². The summed E-state index contributed by atoms with van der Waals surface area (Å²) in [6, 6.07) is 2.57. The first kappa shape index (κ1) is 16.9. The second-order valence-electron chi connectivity index (χ2n) is 3.75. The van der Waals surface area contributed by atoms with Crippen LogP contribution in [0, 0.1) is 0 Å². The minimum Gasteiger partial charge on any atom is -0.493 e. The number of benzene rings is 1. The molecule has 0 aliphatic carbocycles. The van der Waals surface area contributed by atoms with Gasteiger partial charge in [-0.3, -0.25) is 9.63 Å². The van der Waals surface area contributed by atoms with Crippen LogP contribution in [-0.2, 0) is 4.84 Å². The SMILES string of the molecule is COc1cc(C(=O)NOCC(F)(F)F)cc(OC)c1OC. The Balaban J connectivity index is 2.89. The highest BCUT2D eigenvalue weighted by Crippen LogP contribution is 2.38. The molecule has 1 aromatic carbocycles. The number of amides is 1. The summed E-state index contributed by atoms with van der Waals surface area (Å²) in [6.45, 7) is -1.59. The van der Waals surface area contributed by atoms with Crippen LogP contribution >= 0.6 is 0 Å². The van der Waals surface area contributed by atoms with Gasteiger partial charge < -0.3 is 14.2 Å². The van der Waals surface area contributed by atoms with Gasteiger partial charge in [-0.2, -0.15) is 13.2 Å². The number of halogens is 3. The summed E-state index contributed by atoms with van der Waals surface area (Å²) in [4.78, 5) is 15.8. The minimum absolute atomic E-state index is 0.00771. The van der Waals surface area contributed by atoms with Gasteiger partial charge in [-0.1, -0.05) is 0 Å². The van der Waals surface area contributed by atoms with Crippen LogP contribution in [0.15, 0.2) is 12.1 Å². The minimum atomic E-state index is -4.54. The summed E-state index contributed by atoms with van der Waals surface area (Å²) in [6.07, 6.45) is -4.54. The molecule has 0 atom stereocenters.